The normalized spacial score (nSPS) is 16.0. The van der Waals surface area contributed by atoms with Gasteiger partial charge in [0.25, 0.3) is 5.91 Å². The Bertz CT molecular complexity index is 1190. The van der Waals surface area contributed by atoms with Crippen molar-refractivity contribution < 1.29 is 23.5 Å². The molecule has 8 nitrogen and oxygen atoms in total. The minimum Gasteiger partial charge on any atom is -0.493 e. The SMILES string of the molecule is COc1ccc(N2C[C@H](NC(=O)c3cc4ccccc4oc3=O)CC2=O)cc1OC. The third-order valence-corrected chi connectivity index (χ3v) is 5.03. The van der Waals surface area contributed by atoms with E-state index in [2.05, 4.69) is 5.32 Å². The molecule has 154 valence electrons. The van der Waals surface area contributed by atoms with Gasteiger partial charge in [0.05, 0.1) is 20.3 Å². The van der Waals surface area contributed by atoms with Crippen molar-refractivity contribution in [2.75, 3.05) is 25.7 Å². The Morgan fingerprint density at radius 3 is 2.60 bits per heavy atom. The summed E-state index contributed by atoms with van der Waals surface area (Å²) >= 11 is 0. The Hall–Kier alpha value is -3.81. The highest BCUT2D eigenvalue weighted by atomic mass is 16.5. The lowest BCUT2D eigenvalue weighted by Gasteiger charge is -2.19. The fraction of sp³-hybridized carbons (Fsp3) is 0.227. The van der Waals surface area contributed by atoms with E-state index in [-0.39, 0.29) is 24.4 Å². The number of ether oxygens (including phenoxy) is 2. The molecule has 1 aliphatic heterocycles. The van der Waals surface area contributed by atoms with Crippen molar-refractivity contribution in [2.24, 2.45) is 0 Å². The van der Waals surface area contributed by atoms with Gasteiger partial charge >= 0.3 is 5.63 Å². The summed E-state index contributed by atoms with van der Waals surface area (Å²) in [6.45, 7) is 0.277. The minimum atomic E-state index is -0.715. The first-order chi connectivity index (χ1) is 14.5. The van der Waals surface area contributed by atoms with E-state index in [1.165, 1.54) is 20.3 Å². The van der Waals surface area contributed by atoms with Crippen LogP contribution >= 0.6 is 0 Å². The molecule has 0 bridgehead atoms. The highest BCUT2D eigenvalue weighted by Crippen LogP contribution is 2.33. The van der Waals surface area contributed by atoms with Gasteiger partial charge in [-0.3, -0.25) is 9.59 Å². The molecule has 0 saturated carbocycles. The van der Waals surface area contributed by atoms with E-state index in [1.54, 1.807) is 47.4 Å². The summed E-state index contributed by atoms with van der Waals surface area (Å²) in [5, 5.41) is 3.41. The van der Waals surface area contributed by atoms with Crippen LogP contribution in [-0.4, -0.2) is 38.6 Å². The highest BCUT2D eigenvalue weighted by Gasteiger charge is 2.32. The average Bonchev–Trinajstić information content (AvgIpc) is 3.12. The van der Waals surface area contributed by atoms with Crippen LogP contribution in [0.15, 0.2) is 57.7 Å². The smallest absolute Gasteiger partial charge is 0.349 e. The number of carbonyl (C=O) groups is 2. The number of rotatable bonds is 5. The van der Waals surface area contributed by atoms with Crippen LogP contribution in [0.5, 0.6) is 11.5 Å². The molecule has 1 aromatic heterocycles. The Balaban J connectivity index is 1.52. The Kier molecular flexibility index (Phi) is 5.14. The van der Waals surface area contributed by atoms with Crippen LogP contribution in [0, 0.1) is 0 Å². The molecule has 1 saturated heterocycles. The number of methoxy groups -OCH3 is 2. The van der Waals surface area contributed by atoms with Gasteiger partial charge in [-0.05, 0) is 24.3 Å². The summed E-state index contributed by atoms with van der Waals surface area (Å²) in [6.07, 6.45) is 0.124. The van der Waals surface area contributed by atoms with Crippen molar-refractivity contribution in [3.05, 3.63) is 64.5 Å². The van der Waals surface area contributed by atoms with Crippen molar-refractivity contribution in [3.63, 3.8) is 0 Å². The largest absolute Gasteiger partial charge is 0.493 e. The lowest BCUT2D eigenvalue weighted by Crippen LogP contribution is -2.39. The fourth-order valence-corrected chi connectivity index (χ4v) is 3.53. The van der Waals surface area contributed by atoms with Gasteiger partial charge < -0.3 is 24.1 Å². The summed E-state index contributed by atoms with van der Waals surface area (Å²) in [4.78, 5) is 38.9. The Morgan fingerprint density at radius 1 is 1.07 bits per heavy atom. The average molecular weight is 408 g/mol. The molecule has 1 atom stereocenters. The Labute approximate surface area is 172 Å². The molecule has 1 N–H and O–H groups in total. The van der Waals surface area contributed by atoms with Gasteiger partial charge in [-0.1, -0.05) is 18.2 Å². The van der Waals surface area contributed by atoms with Crippen molar-refractivity contribution >= 4 is 28.5 Å². The molecule has 0 unspecified atom stereocenters. The number of anilines is 1. The lowest BCUT2D eigenvalue weighted by molar-refractivity contribution is -0.117. The number of nitrogens with one attached hydrogen (secondary N) is 1. The van der Waals surface area contributed by atoms with Crippen LogP contribution in [0.25, 0.3) is 11.0 Å². The number of hydrogen-bond acceptors (Lipinski definition) is 6. The molecule has 30 heavy (non-hydrogen) atoms. The number of fused-ring (bicyclic) bond motifs is 1. The molecule has 8 heteroatoms. The van der Waals surface area contributed by atoms with Gasteiger partial charge in [0, 0.05) is 30.1 Å². The van der Waals surface area contributed by atoms with Gasteiger partial charge in [0.15, 0.2) is 11.5 Å². The van der Waals surface area contributed by atoms with Crippen LogP contribution in [0.1, 0.15) is 16.8 Å². The summed E-state index contributed by atoms with van der Waals surface area (Å²) in [7, 11) is 3.05. The molecular formula is C22H20N2O6. The molecule has 2 heterocycles. The van der Waals surface area contributed by atoms with Crippen molar-refractivity contribution in [1.29, 1.82) is 0 Å². The topological polar surface area (TPSA) is 98.1 Å². The lowest BCUT2D eigenvalue weighted by atomic mass is 10.1. The maximum atomic E-state index is 12.7. The van der Waals surface area contributed by atoms with E-state index < -0.39 is 17.6 Å². The van der Waals surface area contributed by atoms with Crippen molar-refractivity contribution in [1.82, 2.24) is 5.32 Å². The zero-order valence-corrected chi connectivity index (χ0v) is 16.5. The second-order valence-corrected chi connectivity index (χ2v) is 6.90. The summed E-state index contributed by atoms with van der Waals surface area (Å²) in [5.41, 5.74) is 0.243. The second kappa shape index (κ2) is 7.90. The predicted molar refractivity (Wildman–Crippen MR) is 110 cm³/mol. The Morgan fingerprint density at radius 2 is 1.83 bits per heavy atom. The maximum absolute atomic E-state index is 12.7. The second-order valence-electron chi connectivity index (χ2n) is 6.90. The first kappa shape index (κ1) is 19.5. The fourth-order valence-electron chi connectivity index (χ4n) is 3.53. The molecule has 0 aliphatic carbocycles. The molecule has 0 spiro atoms. The van der Waals surface area contributed by atoms with Crippen molar-refractivity contribution in [2.45, 2.75) is 12.5 Å². The zero-order valence-electron chi connectivity index (χ0n) is 16.5. The van der Waals surface area contributed by atoms with Crippen LogP contribution < -0.4 is 25.3 Å². The summed E-state index contributed by atoms with van der Waals surface area (Å²) < 4.78 is 15.7. The highest BCUT2D eigenvalue weighted by molar-refractivity contribution is 6.00. The van der Waals surface area contributed by atoms with Crippen LogP contribution in [0.3, 0.4) is 0 Å². The number of para-hydroxylation sites is 1. The molecule has 1 fully saturated rings. The van der Waals surface area contributed by atoms with E-state index in [4.69, 9.17) is 13.9 Å². The van der Waals surface area contributed by atoms with Gasteiger partial charge in [0.1, 0.15) is 11.1 Å². The van der Waals surface area contributed by atoms with Gasteiger partial charge in [-0.25, -0.2) is 4.79 Å². The number of nitrogens with zero attached hydrogens (tertiary/aromatic N) is 1. The molecule has 3 aromatic rings. The van der Waals surface area contributed by atoms with E-state index in [0.29, 0.717) is 28.2 Å². The minimum absolute atomic E-state index is 0.0919. The molecule has 1 aliphatic rings. The zero-order chi connectivity index (χ0) is 21.3. The summed E-state index contributed by atoms with van der Waals surface area (Å²) in [6, 6.07) is 13.2. The first-order valence-electron chi connectivity index (χ1n) is 9.36. The van der Waals surface area contributed by atoms with E-state index in [0.717, 1.165) is 0 Å². The van der Waals surface area contributed by atoms with Gasteiger partial charge in [-0.2, -0.15) is 0 Å². The van der Waals surface area contributed by atoms with Gasteiger partial charge in [-0.15, -0.1) is 0 Å². The number of carbonyl (C=O) groups excluding carboxylic acids is 2. The van der Waals surface area contributed by atoms with Gasteiger partial charge in [0.2, 0.25) is 5.91 Å². The molecular weight excluding hydrogens is 388 g/mol. The third kappa shape index (κ3) is 3.59. The molecule has 4 rings (SSSR count). The number of amides is 2. The van der Waals surface area contributed by atoms with Crippen LogP contribution in [0.4, 0.5) is 5.69 Å². The van der Waals surface area contributed by atoms with E-state index in [1.807, 2.05) is 0 Å². The molecule has 2 amide bonds. The summed E-state index contributed by atoms with van der Waals surface area (Å²) in [5.74, 6) is 0.351. The number of hydrogen-bond donors (Lipinski definition) is 1. The first-order valence-corrected chi connectivity index (χ1v) is 9.36. The standard InChI is InChI=1S/C22H20N2O6/c1-28-18-8-7-15(11-19(18)29-2)24-12-14(10-20(24)25)23-21(26)16-9-13-5-3-4-6-17(13)30-22(16)27/h3-9,11,14H,10,12H2,1-2H3,(H,23,26)/t14-/m1/s1. The van der Waals surface area contributed by atoms with Crippen LogP contribution in [-0.2, 0) is 4.79 Å². The van der Waals surface area contributed by atoms with E-state index in [9.17, 15) is 14.4 Å². The van der Waals surface area contributed by atoms with E-state index >= 15 is 0 Å². The maximum Gasteiger partial charge on any atom is 0.349 e. The molecule has 2 aromatic carbocycles. The third-order valence-electron chi connectivity index (χ3n) is 5.03. The quantitative estimate of drug-likeness (QED) is 0.651. The monoisotopic (exact) mass is 408 g/mol. The molecule has 0 radical (unpaired) electrons. The number of benzene rings is 2. The van der Waals surface area contributed by atoms with Crippen molar-refractivity contribution in [3.8, 4) is 11.5 Å². The van der Waals surface area contributed by atoms with Crippen LogP contribution in [0.2, 0.25) is 0 Å². The predicted octanol–water partition coefficient (Wildman–Crippen LogP) is 2.35.